The number of rotatable bonds is 18. The number of unbranched alkanes of at least 4 members (excludes halogenated alkanes) is 2. The first-order valence-electron chi connectivity index (χ1n) is 18.4. The highest BCUT2D eigenvalue weighted by molar-refractivity contribution is 7.22. The van der Waals surface area contributed by atoms with Crippen molar-refractivity contribution < 1.29 is 19.1 Å². The van der Waals surface area contributed by atoms with Gasteiger partial charge in [0.15, 0.2) is 5.13 Å². The molecule has 1 saturated heterocycles. The van der Waals surface area contributed by atoms with E-state index in [1.807, 2.05) is 98.8 Å². The molecule has 12 heteroatoms. The number of likely N-dealkylation sites (tertiary alicyclic amines) is 1. The molecule has 0 bridgehead atoms. The summed E-state index contributed by atoms with van der Waals surface area (Å²) in [6.07, 6.45) is 5.18. The molecule has 3 amide bonds. The molecule has 1 aliphatic heterocycles. The van der Waals surface area contributed by atoms with Crippen molar-refractivity contribution in [2.45, 2.75) is 51.0 Å². The smallest absolute Gasteiger partial charge is 0.411 e. The van der Waals surface area contributed by atoms with E-state index in [9.17, 15) is 14.4 Å². The van der Waals surface area contributed by atoms with Crippen molar-refractivity contribution in [1.82, 2.24) is 25.0 Å². The number of nitrogens with zero attached hydrogens (tertiary/aromatic N) is 4. The van der Waals surface area contributed by atoms with Gasteiger partial charge in [-0.3, -0.25) is 14.9 Å². The second kappa shape index (κ2) is 19.9. The first kappa shape index (κ1) is 38.7. The molecule has 0 atom stereocenters. The monoisotopic (exact) mass is 727 g/mol. The largest absolute Gasteiger partial charge is 0.446 e. The highest BCUT2D eigenvalue weighted by Crippen LogP contribution is 2.29. The lowest BCUT2D eigenvalue weighted by atomic mass is 10.0. The molecule has 4 aromatic rings. The van der Waals surface area contributed by atoms with Crippen LogP contribution in [0.3, 0.4) is 0 Å². The van der Waals surface area contributed by atoms with Gasteiger partial charge in [-0.2, -0.15) is 0 Å². The summed E-state index contributed by atoms with van der Waals surface area (Å²) in [5, 5.41) is 10.3. The fourth-order valence-corrected chi connectivity index (χ4v) is 7.26. The van der Waals surface area contributed by atoms with Crippen LogP contribution in [-0.2, 0) is 9.53 Å². The Kier molecular flexibility index (Phi) is 14.8. The standard InChI is InChI=1S/C40H53N7O4S/c1-41-22-12-24-46(3)38(49)31-18-19-35-36(29-31)52-39(43-35)42-23-11-5-8-17-37(48)45(2)27-28-47-25-20-32(21-26-47)51-40(50)44-34-16-10-9-15-33(34)30-13-6-4-7-14-30/h4,6-7,9-10,13-16,18-19,29,32,41H,5,8,11-12,17,20-28H2,1-3H3,(H,42,43)(H,44,50). The fourth-order valence-electron chi connectivity index (χ4n) is 6.33. The minimum absolute atomic E-state index is 0.0245. The minimum Gasteiger partial charge on any atom is -0.446 e. The number of amides is 3. The first-order valence-corrected chi connectivity index (χ1v) is 19.3. The maximum absolute atomic E-state index is 12.8. The Morgan fingerprint density at radius 2 is 1.65 bits per heavy atom. The molecule has 0 spiro atoms. The highest BCUT2D eigenvalue weighted by atomic mass is 32.1. The number of piperidine rings is 1. The SMILES string of the molecule is CNCCCN(C)C(=O)c1ccc2nc(NCCCCCC(=O)N(C)CCN3CCC(OC(=O)Nc4ccccc4-c4ccccc4)CC3)sc2c1. The van der Waals surface area contributed by atoms with E-state index in [1.54, 1.807) is 16.2 Å². The van der Waals surface area contributed by atoms with Gasteiger partial charge in [0.05, 0.1) is 15.9 Å². The second-order valence-electron chi connectivity index (χ2n) is 13.4. The van der Waals surface area contributed by atoms with Crippen molar-refractivity contribution in [3.8, 4) is 11.1 Å². The zero-order valence-electron chi connectivity index (χ0n) is 30.7. The molecular formula is C40H53N7O4S. The Morgan fingerprint density at radius 3 is 2.44 bits per heavy atom. The van der Waals surface area contributed by atoms with Crippen molar-refractivity contribution in [1.29, 1.82) is 0 Å². The first-order chi connectivity index (χ1) is 25.3. The predicted octanol–water partition coefficient (Wildman–Crippen LogP) is 6.79. The Balaban J connectivity index is 0.926. The van der Waals surface area contributed by atoms with E-state index in [-0.39, 0.29) is 17.9 Å². The molecule has 0 saturated carbocycles. The van der Waals surface area contributed by atoms with Crippen LogP contribution in [0.5, 0.6) is 0 Å². The predicted molar refractivity (Wildman–Crippen MR) is 211 cm³/mol. The number of likely N-dealkylation sites (N-methyl/N-ethyl adjacent to an activating group) is 1. The quantitative estimate of drug-likeness (QED) is 0.0960. The van der Waals surface area contributed by atoms with Crippen molar-refractivity contribution in [2.75, 3.05) is 77.6 Å². The van der Waals surface area contributed by atoms with Crippen LogP contribution in [0.2, 0.25) is 0 Å². The van der Waals surface area contributed by atoms with E-state index >= 15 is 0 Å². The molecule has 3 N–H and O–H groups in total. The third-order valence-corrected chi connectivity index (χ3v) is 10.5. The van der Waals surface area contributed by atoms with E-state index in [1.165, 1.54) is 0 Å². The summed E-state index contributed by atoms with van der Waals surface area (Å²) in [4.78, 5) is 48.9. The van der Waals surface area contributed by atoms with Gasteiger partial charge in [0.25, 0.3) is 5.91 Å². The molecule has 1 fully saturated rings. The van der Waals surface area contributed by atoms with Gasteiger partial charge in [-0.05, 0) is 75.5 Å². The number of ether oxygens (including phenoxy) is 1. The summed E-state index contributed by atoms with van der Waals surface area (Å²) in [6.45, 7) is 5.52. The molecule has 278 valence electrons. The molecule has 11 nitrogen and oxygen atoms in total. The number of hydrogen-bond acceptors (Lipinski definition) is 9. The van der Waals surface area contributed by atoms with Crippen LogP contribution in [0, 0.1) is 0 Å². The third-order valence-electron chi connectivity index (χ3n) is 9.48. The molecule has 2 heterocycles. The van der Waals surface area contributed by atoms with Gasteiger partial charge in [-0.15, -0.1) is 0 Å². The molecule has 52 heavy (non-hydrogen) atoms. The Labute approximate surface area is 311 Å². The van der Waals surface area contributed by atoms with E-state index in [4.69, 9.17) is 4.74 Å². The van der Waals surface area contributed by atoms with E-state index < -0.39 is 6.09 Å². The Hall–Kier alpha value is -4.52. The highest BCUT2D eigenvalue weighted by Gasteiger charge is 2.23. The number of anilines is 2. The third kappa shape index (κ3) is 11.5. The van der Waals surface area contributed by atoms with Crippen LogP contribution in [0.1, 0.15) is 55.3 Å². The number of carbonyl (C=O) groups excluding carboxylic acids is 3. The molecule has 5 rings (SSSR count). The van der Waals surface area contributed by atoms with Crippen LogP contribution >= 0.6 is 11.3 Å². The maximum atomic E-state index is 12.8. The number of thiazole rings is 1. The normalized spacial score (nSPS) is 13.5. The van der Waals surface area contributed by atoms with Crippen molar-refractivity contribution in [3.05, 3.63) is 78.4 Å². The second-order valence-corrected chi connectivity index (χ2v) is 14.5. The van der Waals surface area contributed by atoms with E-state index in [2.05, 4.69) is 25.8 Å². The van der Waals surface area contributed by atoms with E-state index in [0.29, 0.717) is 25.1 Å². The molecule has 0 aliphatic carbocycles. The lowest BCUT2D eigenvalue weighted by Crippen LogP contribution is -2.42. The van der Waals surface area contributed by atoms with Gasteiger partial charge in [0.1, 0.15) is 6.10 Å². The van der Waals surface area contributed by atoms with Gasteiger partial charge < -0.3 is 30.1 Å². The number of benzene rings is 3. The van der Waals surface area contributed by atoms with Crippen molar-refractivity contribution in [3.63, 3.8) is 0 Å². The van der Waals surface area contributed by atoms with Crippen molar-refractivity contribution >= 4 is 50.3 Å². The lowest BCUT2D eigenvalue weighted by Gasteiger charge is -2.32. The van der Waals surface area contributed by atoms with Crippen LogP contribution in [0.25, 0.3) is 21.3 Å². The maximum Gasteiger partial charge on any atom is 0.411 e. The molecule has 0 radical (unpaired) electrons. The molecule has 3 aromatic carbocycles. The van der Waals surface area contributed by atoms with Gasteiger partial charge in [0.2, 0.25) is 5.91 Å². The molecule has 1 aromatic heterocycles. The average molecular weight is 728 g/mol. The van der Waals surface area contributed by atoms with Crippen LogP contribution in [0.4, 0.5) is 15.6 Å². The molecule has 1 aliphatic rings. The lowest BCUT2D eigenvalue weighted by molar-refractivity contribution is -0.130. The number of carbonyl (C=O) groups is 3. The van der Waals surface area contributed by atoms with Gasteiger partial charge in [-0.25, -0.2) is 9.78 Å². The summed E-state index contributed by atoms with van der Waals surface area (Å²) in [5.41, 5.74) is 4.29. The topological polar surface area (TPSA) is 119 Å². The summed E-state index contributed by atoms with van der Waals surface area (Å²) >= 11 is 1.56. The summed E-state index contributed by atoms with van der Waals surface area (Å²) in [6, 6.07) is 23.4. The molecule has 0 unspecified atom stereocenters. The Morgan fingerprint density at radius 1 is 0.885 bits per heavy atom. The number of hydrogen-bond donors (Lipinski definition) is 3. The van der Waals surface area contributed by atoms with Crippen molar-refractivity contribution in [2.24, 2.45) is 0 Å². The molecular weight excluding hydrogens is 675 g/mol. The van der Waals surface area contributed by atoms with Crippen LogP contribution < -0.4 is 16.0 Å². The average Bonchev–Trinajstić information content (AvgIpc) is 3.58. The zero-order chi connectivity index (χ0) is 36.7. The van der Waals surface area contributed by atoms with E-state index in [0.717, 1.165) is 103 Å². The van der Waals surface area contributed by atoms with Gasteiger partial charge >= 0.3 is 6.09 Å². The number of nitrogens with one attached hydrogen (secondary N) is 3. The summed E-state index contributed by atoms with van der Waals surface area (Å²) in [5.74, 6) is 0.194. The van der Waals surface area contributed by atoms with Gasteiger partial charge in [0, 0.05) is 70.9 Å². The summed E-state index contributed by atoms with van der Waals surface area (Å²) in [7, 11) is 5.63. The number of para-hydroxylation sites is 1. The summed E-state index contributed by atoms with van der Waals surface area (Å²) < 4.78 is 6.77. The minimum atomic E-state index is -0.428. The number of fused-ring (bicyclic) bond motifs is 1. The fraction of sp³-hybridized carbons (Fsp3) is 0.450. The number of aromatic nitrogens is 1. The van der Waals surface area contributed by atoms with Gasteiger partial charge in [-0.1, -0.05) is 66.3 Å². The van der Waals surface area contributed by atoms with Crippen LogP contribution in [-0.4, -0.2) is 111 Å². The Bertz CT molecular complexity index is 1740. The van der Waals surface area contributed by atoms with Crippen LogP contribution in [0.15, 0.2) is 72.8 Å². The zero-order valence-corrected chi connectivity index (χ0v) is 31.6.